The van der Waals surface area contributed by atoms with Crippen LogP contribution in [-0.4, -0.2) is 71.1 Å². The molecule has 228 valence electrons. The standard InChI is InChI=1S/C33H37N7O4/c1-18-4-6-20(3)22(12-18)15-39-14-21(24-13-19(2)5-9-25(24)39)10-11-34-30-26-31(36-16-35-30)40(17-37-26)33-28(42)27(41)29(44-33)32(43)38-23-7-8-23/h4-6,9,12-14,16-17,23,27-29,33,41-42H,7-8,10-11,15H2,1-3H3,(H,38,43)(H,34,35,36). The molecule has 4 unspecified atom stereocenters. The fourth-order valence-corrected chi connectivity index (χ4v) is 6.07. The van der Waals surface area contributed by atoms with Gasteiger partial charge in [-0.3, -0.25) is 9.36 Å². The van der Waals surface area contributed by atoms with Gasteiger partial charge in [-0.15, -0.1) is 0 Å². The van der Waals surface area contributed by atoms with E-state index in [0.29, 0.717) is 23.5 Å². The Kier molecular flexibility index (Phi) is 7.31. The first-order valence-corrected chi connectivity index (χ1v) is 15.1. The van der Waals surface area contributed by atoms with Crippen molar-refractivity contribution < 1.29 is 19.7 Å². The van der Waals surface area contributed by atoms with E-state index in [-0.39, 0.29) is 6.04 Å². The minimum Gasteiger partial charge on any atom is -0.387 e. The monoisotopic (exact) mass is 595 g/mol. The average molecular weight is 596 g/mol. The van der Waals surface area contributed by atoms with E-state index in [2.05, 4.69) is 93.5 Å². The van der Waals surface area contributed by atoms with Crippen molar-refractivity contribution in [3.05, 3.63) is 83.1 Å². The van der Waals surface area contributed by atoms with Gasteiger partial charge in [-0.1, -0.05) is 35.4 Å². The highest BCUT2D eigenvalue weighted by molar-refractivity contribution is 5.86. The van der Waals surface area contributed by atoms with Crippen molar-refractivity contribution in [2.75, 3.05) is 11.9 Å². The smallest absolute Gasteiger partial charge is 0.252 e. The number of carbonyl (C=O) groups excluding carboxylic acids is 1. The average Bonchev–Trinajstić information content (AvgIpc) is 3.50. The summed E-state index contributed by atoms with van der Waals surface area (Å²) in [4.78, 5) is 25.9. The minimum atomic E-state index is -1.36. The third-order valence-corrected chi connectivity index (χ3v) is 8.70. The molecule has 1 aliphatic heterocycles. The molecule has 1 saturated carbocycles. The van der Waals surface area contributed by atoms with Crippen molar-refractivity contribution in [3.8, 4) is 0 Å². The predicted molar refractivity (Wildman–Crippen MR) is 166 cm³/mol. The fourth-order valence-electron chi connectivity index (χ4n) is 6.07. The summed E-state index contributed by atoms with van der Waals surface area (Å²) >= 11 is 0. The summed E-state index contributed by atoms with van der Waals surface area (Å²) in [5.41, 5.74) is 8.45. The SMILES string of the molecule is Cc1ccc(C)c(Cn2cc(CCNc3ncnc4c3ncn4C3OC(C(=O)NC4CC4)C(O)C3O)c3cc(C)ccc32)c1. The second-order valence-corrected chi connectivity index (χ2v) is 12.2. The Bertz CT molecular complexity index is 1860. The summed E-state index contributed by atoms with van der Waals surface area (Å²) in [5, 5.41) is 28.8. The van der Waals surface area contributed by atoms with Gasteiger partial charge in [-0.25, -0.2) is 15.0 Å². The zero-order valence-corrected chi connectivity index (χ0v) is 25.1. The first-order valence-electron chi connectivity index (χ1n) is 15.1. The van der Waals surface area contributed by atoms with Crippen LogP contribution in [0.5, 0.6) is 0 Å². The Morgan fingerprint density at radius 2 is 1.80 bits per heavy atom. The normalized spacial score (nSPS) is 21.8. The van der Waals surface area contributed by atoms with Gasteiger partial charge >= 0.3 is 0 Å². The molecule has 1 amide bonds. The summed E-state index contributed by atoms with van der Waals surface area (Å²) in [6.07, 6.45) is 2.88. The molecule has 4 N–H and O–H groups in total. The number of ether oxygens (including phenoxy) is 1. The molecule has 0 bridgehead atoms. The predicted octanol–water partition coefficient (Wildman–Crippen LogP) is 3.31. The van der Waals surface area contributed by atoms with Crippen LogP contribution in [-0.2, 0) is 22.5 Å². The van der Waals surface area contributed by atoms with Crippen LogP contribution in [0.25, 0.3) is 22.1 Å². The van der Waals surface area contributed by atoms with Crippen molar-refractivity contribution in [2.45, 2.75) is 77.2 Å². The van der Waals surface area contributed by atoms with E-state index in [4.69, 9.17) is 4.74 Å². The Morgan fingerprint density at radius 3 is 2.61 bits per heavy atom. The van der Waals surface area contributed by atoms with E-state index < -0.39 is 30.4 Å². The number of aromatic nitrogens is 5. The summed E-state index contributed by atoms with van der Waals surface area (Å²) in [5.74, 6) is 0.133. The van der Waals surface area contributed by atoms with Crippen molar-refractivity contribution in [1.82, 2.24) is 29.4 Å². The van der Waals surface area contributed by atoms with E-state index in [1.54, 1.807) is 4.57 Å². The van der Waals surface area contributed by atoms with Crippen molar-refractivity contribution in [1.29, 1.82) is 0 Å². The molecule has 0 spiro atoms. The van der Waals surface area contributed by atoms with Gasteiger partial charge in [-0.05, 0) is 68.9 Å². The molecule has 44 heavy (non-hydrogen) atoms. The highest BCUT2D eigenvalue weighted by Crippen LogP contribution is 2.33. The van der Waals surface area contributed by atoms with Gasteiger partial charge in [0.2, 0.25) is 0 Å². The lowest BCUT2D eigenvalue weighted by molar-refractivity contribution is -0.137. The summed E-state index contributed by atoms with van der Waals surface area (Å²) in [6.45, 7) is 7.81. The van der Waals surface area contributed by atoms with Crippen LogP contribution in [0.1, 0.15) is 46.9 Å². The van der Waals surface area contributed by atoms with E-state index in [1.165, 1.54) is 51.4 Å². The molecule has 7 rings (SSSR count). The second-order valence-electron chi connectivity index (χ2n) is 12.2. The van der Waals surface area contributed by atoms with Gasteiger partial charge in [0.15, 0.2) is 29.3 Å². The number of anilines is 1. The van der Waals surface area contributed by atoms with Crippen molar-refractivity contribution in [2.24, 2.45) is 0 Å². The molecule has 2 aromatic carbocycles. The third kappa shape index (κ3) is 5.31. The fraction of sp³-hybridized carbons (Fsp3) is 0.394. The Balaban J connectivity index is 1.09. The number of carbonyl (C=O) groups is 1. The van der Waals surface area contributed by atoms with Gasteiger partial charge in [0.25, 0.3) is 5.91 Å². The van der Waals surface area contributed by atoms with Gasteiger partial charge in [0, 0.05) is 36.2 Å². The topological polar surface area (TPSA) is 139 Å². The van der Waals surface area contributed by atoms with Gasteiger partial charge < -0.3 is 30.2 Å². The molecule has 11 nitrogen and oxygen atoms in total. The molecule has 11 heteroatoms. The highest BCUT2D eigenvalue weighted by Gasteiger charge is 2.48. The first kappa shape index (κ1) is 28.5. The van der Waals surface area contributed by atoms with E-state index in [0.717, 1.165) is 25.8 Å². The highest BCUT2D eigenvalue weighted by atomic mass is 16.6. The molecule has 2 fully saturated rings. The molecule has 0 radical (unpaired) electrons. The van der Waals surface area contributed by atoms with E-state index in [9.17, 15) is 15.0 Å². The van der Waals surface area contributed by atoms with Crippen LogP contribution in [0.2, 0.25) is 0 Å². The van der Waals surface area contributed by atoms with Crippen LogP contribution >= 0.6 is 0 Å². The van der Waals surface area contributed by atoms with E-state index in [1.807, 2.05) is 0 Å². The Hall–Kier alpha value is -4.32. The Labute approximate surface area is 254 Å². The molecule has 2 aliphatic rings. The number of aryl methyl sites for hydroxylation is 3. The molecule has 3 aromatic heterocycles. The van der Waals surface area contributed by atoms with Crippen LogP contribution < -0.4 is 10.6 Å². The summed E-state index contributed by atoms with van der Waals surface area (Å²) < 4.78 is 9.72. The van der Waals surface area contributed by atoms with Crippen molar-refractivity contribution in [3.63, 3.8) is 0 Å². The van der Waals surface area contributed by atoms with Crippen molar-refractivity contribution >= 4 is 33.8 Å². The summed E-state index contributed by atoms with van der Waals surface area (Å²) in [6, 6.07) is 13.3. The van der Waals surface area contributed by atoms with Gasteiger partial charge in [-0.2, -0.15) is 0 Å². The van der Waals surface area contributed by atoms with Gasteiger partial charge in [0.05, 0.1) is 6.33 Å². The quantitative estimate of drug-likeness (QED) is 0.204. The third-order valence-electron chi connectivity index (χ3n) is 8.70. The number of rotatable bonds is 9. The molecule has 5 aromatic rings. The molecular weight excluding hydrogens is 558 g/mol. The molecule has 4 atom stereocenters. The van der Waals surface area contributed by atoms with E-state index >= 15 is 0 Å². The van der Waals surface area contributed by atoms with Crippen LogP contribution in [0, 0.1) is 20.8 Å². The zero-order valence-electron chi connectivity index (χ0n) is 25.1. The zero-order chi connectivity index (χ0) is 30.5. The second kappa shape index (κ2) is 11.3. The lowest BCUT2D eigenvalue weighted by Crippen LogP contribution is -2.43. The molecule has 1 aliphatic carbocycles. The molecular formula is C33H37N7O4. The number of hydrogen-bond acceptors (Lipinski definition) is 8. The maximum Gasteiger partial charge on any atom is 0.252 e. The van der Waals surface area contributed by atoms with Crippen LogP contribution in [0.3, 0.4) is 0 Å². The first-order chi connectivity index (χ1) is 21.3. The number of amides is 1. The molecule has 1 saturated heterocycles. The number of aliphatic hydroxyl groups excluding tert-OH is 2. The van der Waals surface area contributed by atoms with Crippen LogP contribution in [0.15, 0.2) is 55.2 Å². The van der Waals surface area contributed by atoms with Gasteiger partial charge in [0.1, 0.15) is 18.5 Å². The maximum atomic E-state index is 12.6. The summed E-state index contributed by atoms with van der Waals surface area (Å²) in [7, 11) is 0. The number of fused-ring (bicyclic) bond motifs is 2. The number of benzene rings is 2. The number of nitrogens with one attached hydrogen (secondary N) is 2. The lowest BCUT2D eigenvalue weighted by Gasteiger charge is -2.16. The Morgan fingerprint density at radius 1 is 1.00 bits per heavy atom. The number of nitrogens with zero attached hydrogens (tertiary/aromatic N) is 5. The number of aliphatic hydroxyl groups is 2. The van der Waals surface area contributed by atoms with Crippen LogP contribution in [0.4, 0.5) is 5.82 Å². The number of imidazole rings is 1. The largest absolute Gasteiger partial charge is 0.387 e. The maximum absolute atomic E-state index is 12.6. The molecule has 4 heterocycles. The minimum absolute atomic E-state index is 0.114. The lowest BCUT2D eigenvalue weighted by atomic mass is 10.1. The number of hydrogen-bond donors (Lipinski definition) is 4.